The van der Waals surface area contributed by atoms with Gasteiger partial charge in [0.05, 0.1) is 14.7 Å². The van der Waals surface area contributed by atoms with E-state index >= 15 is 0 Å². The van der Waals surface area contributed by atoms with Gasteiger partial charge in [-0.15, -0.1) is 11.3 Å². The zero-order valence-electron chi connectivity index (χ0n) is 13.6. The topological polar surface area (TPSA) is 95.0 Å². The van der Waals surface area contributed by atoms with Crippen molar-refractivity contribution in [2.45, 2.75) is 23.2 Å². The first-order valence-electron chi connectivity index (χ1n) is 7.83. The summed E-state index contributed by atoms with van der Waals surface area (Å²) in [6, 6.07) is 6.22. The molecule has 0 fully saturated rings. The molecule has 0 bridgehead atoms. The van der Waals surface area contributed by atoms with Crippen LogP contribution in [0.3, 0.4) is 0 Å². The third-order valence-corrected chi connectivity index (χ3v) is 8.12. The van der Waals surface area contributed by atoms with Crippen LogP contribution in [-0.2, 0) is 26.2 Å². The molecule has 3 heterocycles. The molecule has 0 saturated heterocycles. The van der Waals surface area contributed by atoms with Crippen molar-refractivity contribution in [3.63, 3.8) is 0 Å². The van der Waals surface area contributed by atoms with Gasteiger partial charge in [-0.3, -0.25) is 0 Å². The van der Waals surface area contributed by atoms with Crippen LogP contribution < -0.4 is 10.4 Å². The predicted octanol–water partition coefficient (Wildman–Crippen LogP) is 2.64. The van der Waals surface area contributed by atoms with Gasteiger partial charge in [0.2, 0.25) is 0 Å². The lowest BCUT2D eigenvalue weighted by atomic mass is 10.2. The van der Waals surface area contributed by atoms with Crippen molar-refractivity contribution in [2.24, 2.45) is 0 Å². The smallest absolute Gasteiger partial charge is 0.361 e. The SMILES string of the molecule is O=C([O-])CC1Nc2cccnc2[S+](Cc2nc3c(Cl)c(Cl)ccc3s2)C1=O. The van der Waals surface area contributed by atoms with E-state index in [-0.39, 0.29) is 5.12 Å². The average Bonchev–Trinajstić information content (AvgIpc) is 3.05. The van der Waals surface area contributed by atoms with Crippen LogP contribution in [0.15, 0.2) is 35.5 Å². The number of benzene rings is 1. The number of aliphatic carboxylic acids is 1. The van der Waals surface area contributed by atoms with E-state index in [1.54, 1.807) is 24.4 Å². The van der Waals surface area contributed by atoms with E-state index in [4.69, 9.17) is 23.2 Å². The Hall–Kier alpha value is -1.87. The molecule has 2 aromatic heterocycles. The Balaban J connectivity index is 1.72. The van der Waals surface area contributed by atoms with Gasteiger partial charge in [0, 0.05) is 18.6 Å². The fraction of sp³-hybridized carbons (Fsp3) is 0.176. The highest BCUT2D eigenvalue weighted by molar-refractivity contribution is 8.10. The number of pyridine rings is 1. The summed E-state index contributed by atoms with van der Waals surface area (Å²) >= 11 is 13.7. The van der Waals surface area contributed by atoms with Crippen LogP contribution in [0.5, 0.6) is 0 Å². The summed E-state index contributed by atoms with van der Waals surface area (Å²) in [5.74, 6) is -0.945. The lowest BCUT2D eigenvalue weighted by Gasteiger charge is -2.23. The van der Waals surface area contributed by atoms with Crippen molar-refractivity contribution in [1.82, 2.24) is 9.97 Å². The molecule has 0 saturated carbocycles. The van der Waals surface area contributed by atoms with E-state index < -0.39 is 29.3 Å². The molecular weight excluding hydrogens is 429 g/mol. The van der Waals surface area contributed by atoms with Crippen molar-refractivity contribution in [3.05, 3.63) is 45.5 Å². The highest BCUT2D eigenvalue weighted by Gasteiger charge is 2.46. The summed E-state index contributed by atoms with van der Waals surface area (Å²) in [7, 11) is -0.932. The summed E-state index contributed by atoms with van der Waals surface area (Å²) in [5.41, 5.74) is 1.26. The molecule has 3 aromatic rings. The summed E-state index contributed by atoms with van der Waals surface area (Å²) < 4.78 is 0.873. The largest absolute Gasteiger partial charge is 0.550 e. The summed E-state index contributed by atoms with van der Waals surface area (Å²) in [5, 5.41) is 15.9. The Morgan fingerprint density at radius 3 is 2.93 bits per heavy atom. The molecule has 10 heteroatoms. The van der Waals surface area contributed by atoms with Crippen LogP contribution in [0.25, 0.3) is 10.2 Å². The van der Waals surface area contributed by atoms with Crippen molar-refractivity contribution in [2.75, 3.05) is 5.32 Å². The minimum atomic E-state index is -1.28. The van der Waals surface area contributed by atoms with E-state index in [0.29, 0.717) is 32.0 Å². The van der Waals surface area contributed by atoms with E-state index in [2.05, 4.69) is 15.3 Å². The van der Waals surface area contributed by atoms with Crippen LogP contribution in [0.2, 0.25) is 10.0 Å². The zero-order valence-corrected chi connectivity index (χ0v) is 16.7. The molecule has 0 amide bonds. The Bertz CT molecular complexity index is 1070. The van der Waals surface area contributed by atoms with Gasteiger partial charge >= 0.3 is 5.12 Å². The number of carboxylic acids is 1. The number of carbonyl (C=O) groups is 2. The normalized spacial score (nSPS) is 19.0. The second kappa shape index (κ2) is 7.27. The summed E-state index contributed by atoms with van der Waals surface area (Å²) in [6.45, 7) is 0. The Labute approximate surface area is 170 Å². The van der Waals surface area contributed by atoms with Gasteiger partial charge in [-0.2, -0.15) is 0 Å². The van der Waals surface area contributed by atoms with Crippen LogP contribution >= 0.6 is 34.5 Å². The molecule has 1 N–H and O–H groups in total. The maximum atomic E-state index is 12.9. The third-order valence-electron chi connectivity index (χ3n) is 4.00. The Morgan fingerprint density at radius 1 is 1.33 bits per heavy atom. The molecule has 1 aliphatic heterocycles. The number of nitrogens with zero attached hydrogens (tertiary/aromatic N) is 2. The molecular formula is C17H11Cl2N3O3S2. The minimum Gasteiger partial charge on any atom is -0.550 e. The molecule has 6 nitrogen and oxygen atoms in total. The molecule has 0 aliphatic carbocycles. The standard InChI is InChI=1S/C17H11Cl2N3O3S2/c18-8-3-4-11-15(14(8)19)22-12(26-11)7-27-16-9(2-1-5-20-16)21-10(17(27)25)6-13(23)24/h1-5,10,21H,6-7H2. The first kappa shape index (κ1) is 18.5. The maximum absolute atomic E-state index is 12.9. The number of fused-ring (bicyclic) bond motifs is 2. The van der Waals surface area contributed by atoms with Crippen molar-refractivity contribution >= 4 is 72.4 Å². The monoisotopic (exact) mass is 439 g/mol. The lowest BCUT2D eigenvalue weighted by molar-refractivity contribution is -0.305. The van der Waals surface area contributed by atoms with Gasteiger partial charge in [-0.05, 0) is 24.3 Å². The quantitative estimate of drug-likeness (QED) is 0.627. The molecule has 2 unspecified atom stereocenters. The van der Waals surface area contributed by atoms with Crippen LogP contribution in [0, 0.1) is 0 Å². The van der Waals surface area contributed by atoms with E-state index in [0.717, 1.165) is 9.71 Å². The van der Waals surface area contributed by atoms with E-state index in [1.807, 2.05) is 6.07 Å². The zero-order chi connectivity index (χ0) is 19.1. The number of aromatic nitrogens is 2. The van der Waals surface area contributed by atoms with Gasteiger partial charge in [0.1, 0.15) is 33.1 Å². The van der Waals surface area contributed by atoms with Gasteiger partial charge in [-0.1, -0.05) is 23.2 Å². The van der Waals surface area contributed by atoms with Crippen molar-refractivity contribution < 1.29 is 14.7 Å². The number of thiazole rings is 1. The van der Waals surface area contributed by atoms with Crippen LogP contribution in [-0.4, -0.2) is 27.1 Å². The molecule has 0 spiro atoms. The van der Waals surface area contributed by atoms with Gasteiger partial charge in [0.15, 0.2) is 5.75 Å². The fourth-order valence-electron chi connectivity index (χ4n) is 2.82. The highest BCUT2D eigenvalue weighted by Crippen LogP contribution is 2.37. The molecule has 138 valence electrons. The van der Waals surface area contributed by atoms with Gasteiger partial charge in [-0.25, -0.2) is 14.8 Å². The van der Waals surface area contributed by atoms with Gasteiger partial charge < -0.3 is 15.2 Å². The number of halogens is 2. The number of anilines is 1. The second-order valence-electron chi connectivity index (χ2n) is 5.80. The maximum Gasteiger partial charge on any atom is 0.361 e. The Morgan fingerprint density at radius 2 is 2.15 bits per heavy atom. The first-order valence-corrected chi connectivity index (χ1v) is 10.8. The van der Waals surface area contributed by atoms with E-state index in [1.165, 1.54) is 11.3 Å². The molecule has 0 radical (unpaired) electrons. The number of rotatable bonds is 4. The number of nitrogens with one attached hydrogen (secondary N) is 1. The third kappa shape index (κ3) is 3.50. The second-order valence-corrected chi connectivity index (χ2v) is 9.56. The van der Waals surface area contributed by atoms with Gasteiger partial charge in [0.25, 0.3) is 5.03 Å². The lowest BCUT2D eigenvalue weighted by Crippen LogP contribution is -2.44. The number of hydrogen-bond acceptors (Lipinski definition) is 7. The molecule has 1 aliphatic rings. The first-order chi connectivity index (χ1) is 12.9. The number of carbonyl (C=O) groups excluding carboxylic acids is 2. The highest BCUT2D eigenvalue weighted by atomic mass is 35.5. The summed E-state index contributed by atoms with van der Waals surface area (Å²) in [6.07, 6.45) is 1.22. The molecule has 4 rings (SSSR count). The van der Waals surface area contributed by atoms with Crippen LogP contribution in [0.4, 0.5) is 5.69 Å². The van der Waals surface area contributed by atoms with Crippen molar-refractivity contribution in [3.8, 4) is 0 Å². The Kier molecular flexibility index (Phi) is 4.98. The molecule has 2 atom stereocenters. The average molecular weight is 440 g/mol. The summed E-state index contributed by atoms with van der Waals surface area (Å²) in [4.78, 5) is 32.8. The number of hydrogen-bond donors (Lipinski definition) is 1. The van der Waals surface area contributed by atoms with Crippen molar-refractivity contribution in [1.29, 1.82) is 0 Å². The molecule has 27 heavy (non-hydrogen) atoms. The number of carboxylic acid groups (broad SMARTS) is 1. The van der Waals surface area contributed by atoms with E-state index in [9.17, 15) is 14.7 Å². The predicted molar refractivity (Wildman–Crippen MR) is 105 cm³/mol. The van der Waals surface area contributed by atoms with Crippen LogP contribution in [0.1, 0.15) is 11.4 Å². The fourth-order valence-corrected chi connectivity index (χ4v) is 6.44. The minimum absolute atomic E-state index is 0.214. The molecule has 1 aromatic carbocycles.